The van der Waals surface area contributed by atoms with Crippen molar-refractivity contribution in [2.75, 3.05) is 20.1 Å². The maximum Gasteiger partial charge on any atom is 0.407 e. The second kappa shape index (κ2) is 8.89. The molecule has 0 aromatic heterocycles. The summed E-state index contributed by atoms with van der Waals surface area (Å²) in [6.07, 6.45) is 1.89. The summed E-state index contributed by atoms with van der Waals surface area (Å²) in [6, 6.07) is -0.132. The van der Waals surface area contributed by atoms with Crippen LogP contribution in [0.2, 0.25) is 0 Å². The number of alkyl carbamates (subject to hydrolysis) is 1. The Morgan fingerprint density at radius 3 is 2.29 bits per heavy atom. The number of likely N-dealkylation sites (tertiary alicyclic amines) is 1. The highest BCUT2D eigenvalue weighted by Gasteiger charge is 2.26. The molecular formula is C17H31N3O4. The molecule has 1 fully saturated rings. The van der Waals surface area contributed by atoms with Crippen molar-refractivity contribution in [2.45, 2.75) is 65.0 Å². The lowest BCUT2D eigenvalue weighted by Gasteiger charge is -2.31. The summed E-state index contributed by atoms with van der Waals surface area (Å²) < 4.78 is 5.19. The molecule has 2 N–H and O–H groups in total. The molecule has 0 aromatic carbocycles. The Bertz CT molecular complexity index is 451. The summed E-state index contributed by atoms with van der Waals surface area (Å²) >= 11 is 0. The lowest BCUT2D eigenvalue weighted by atomic mass is 9.95. The molecule has 0 spiro atoms. The van der Waals surface area contributed by atoms with Gasteiger partial charge in [-0.15, -0.1) is 0 Å². The average Bonchev–Trinajstić information content (AvgIpc) is 2.50. The third kappa shape index (κ3) is 7.19. The van der Waals surface area contributed by atoms with Gasteiger partial charge in [-0.2, -0.15) is 0 Å². The molecule has 1 aliphatic rings. The van der Waals surface area contributed by atoms with Gasteiger partial charge in [0, 0.05) is 38.5 Å². The molecule has 138 valence electrons. The molecule has 0 radical (unpaired) electrons. The molecular weight excluding hydrogens is 310 g/mol. The minimum atomic E-state index is -0.533. The van der Waals surface area contributed by atoms with Gasteiger partial charge >= 0.3 is 6.09 Å². The number of nitrogens with zero attached hydrogens (tertiary/aromatic N) is 1. The van der Waals surface area contributed by atoms with Crippen LogP contribution in [0.15, 0.2) is 0 Å². The summed E-state index contributed by atoms with van der Waals surface area (Å²) in [4.78, 5) is 37.3. The Morgan fingerprint density at radius 1 is 1.21 bits per heavy atom. The summed E-state index contributed by atoms with van der Waals surface area (Å²) in [7, 11) is 1.64. The second-order valence-corrected chi connectivity index (χ2v) is 7.36. The van der Waals surface area contributed by atoms with E-state index in [0.29, 0.717) is 38.8 Å². The third-order valence-electron chi connectivity index (χ3n) is 4.02. The molecule has 0 aromatic rings. The highest BCUT2D eigenvalue weighted by atomic mass is 16.6. The van der Waals surface area contributed by atoms with E-state index in [4.69, 9.17) is 4.74 Å². The van der Waals surface area contributed by atoms with E-state index in [0.717, 1.165) is 0 Å². The van der Waals surface area contributed by atoms with E-state index in [2.05, 4.69) is 10.6 Å². The Kier molecular flexibility index (Phi) is 7.51. The van der Waals surface area contributed by atoms with Crippen molar-refractivity contribution in [3.05, 3.63) is 0 Å². The topological polar surface area (TPSA) is 87.7 Å². The van der Waals surface area contributed by atoms with E-state index < -0.39 is 11.7 Å². The van der Waals surface area contributed by atoms with Gasteiger partial charge in [-0.3, -0.25) is 9.59 Å². The standard InChI is InChI=1S/C17H31N3O4/c1-12(19-16(23)24-17(2,3)4)6-7-14(21)20-10-8-13(9-11-20)15(22)18-5/h12-13H,6-11H2,1-5H3,(H,18,22)(H,19,23). The molecule has 3 amide bonds. The fraction of sp³-hybridized carbons (Fsp3) is 0.824. The molecule has 0 aliphatic carbocycles. The summed E-state index contributed by atoms with van der Waals surface area (Å²) in [5.41, 5.74) is -0.533. The number of carbonyl (C=O) groups is 3. The number of hydrogen-bond donors (Lipinski definition) is 2. The lowest BCUT2D eigenvalue weighted by Crippen LogP contribution is -2.43. The van der Waals surface area contributed by atoms with Gasteiger partial charge in [0.1, 0.15) is 5.60 Å². The number of ether oxygens (including phenoxy) is 1. The van der Waals surface area contributed by atoms with E-state index in [1.165, 1.54) is 0 Å². The average molecular weight is 341 g/mol. The van der Waals surface area contributed by atoms with E-state index >= 15 is 0 Å². The number of amides is 3. The number of nitrogens with one attached hydrogen (secondary N) is 2. The van der Waals surface area contributed by atoms with E-state index in [1.807, 2.05) is 27.7 Å². The SMILES string of the molecule is CNC(=O)C1CCN(C(=O)CCC(C)NC(=O)OC(C)(C)C)CC1. The van der Waals surface area contributed by atoms with Gasteiger partial charge < -0.3 is 20.3 Å². The zero-order chi connectivity index (χ0) is 18.3. The zero-order valence-electron chi connectivity index (χ0n) is 15.5. The Hall–Kier alpha value is -1.79. The van der Waals surface area contributed by atoms with Gasteiger partial charge in [0.05, 0.1) is 0 Å². The second-order valence-electron chi connectivity index (χ2n) is 7.36. The van der Waals surface area contributed by atoms with Crippen molar-refractivity contribution in [2.24, 2.45) is 5.92 Å². The van der Waals surface area contributed by atoms with Crippen molar-refractivity contribution in [1.82, 2.24) is 15.5 Å². The van der Waals surface area contributed by atoms with Gasteiger partial charge in [0.15, 0.2) is 0 Å². The molecule has 0 saturated carbocycles. The third-order valence-corrected chi connectivity index (χ3v) is 4.02. The quantitative estimate of drug-likeness (QED) is 0.796. The number of hydrogen-bond acceptors (Lipinski definition) is 4. The number of rotatable bonds is 5. The minimum Gasteiger partial charge on any atom is -0.444 e. The van der Waals surface area contributed by atoms with Crippen LogP contribution in [0, 0.1) is 5.92 Å². The molecule has 1 unspecified atom stereocenters. The van der Waals surface area contributed by atoms with Crippen molar-refractivity contribution < 1.29 is 19.1 Å². The Balaban J connectivity index is 2.29. The van der Waals surface area contributed by atoms with Gasteiger partial charge in [0.25, 0.3) is 0 Å². The van der Waals surface area contributed by atoms with E-state index in [9.17, 15) is 14.4 Å². The van der Waals surface area contributed by atoms with Crippen molar-refractivity contribution in [3.63, 3.8) is 0 Å². The first-order valence-electron chi connectivity index (χ1n) is 8.61. The highest BCUT2D eigenvalue weighted by molar-refractivity contribution is 5.80. The van der Waals surface area contributed by atoms with Crippen LogP contribution in [0.5, 0.6) is 0 Å². The van der Waals surface area contributed by atoms with Crippen molar-refractivity contribution in [3.8, 4) is 0 Å². The molecule has 7 nitrogen and oxygen atoms in total. The van der Waals surface area contributed by atoms with Crippen LogP contribution in [-0.4, -0.2) is 54.6 Å². The van der Waals surface area contributed by atoms with Crippen LogP contribution in [0.25, 0.3) is 0 Å². The molecule has 1 heterocycles. The highest BCUT2D eigenvalue weighted by Crippen LogP contribution is 2.18. The fourth-order valence-electron chi connectivity index (χ4n) is 2.67. The van der Waals surface area contributed by atoms with E-state index in [1.54, 1.807) is 11.9 Å². The van der Waals surface area contributed by atoms with Crippen LogP contribution < -0.4 is 10.6 Å². The number of carbonyl (C=O) groups excluding carboxylic acids is 3. The fourth-order valence-corrected chi connectivity index (χ4v) is 2.67. The van der Waals surface area contributed by atoms with Crippen molar-refractivity contribution in [1.29, 1.82) is 0 Å². The van der Waals surface area contributed by atoms with Gasteiger partial charge in [-0.05, 0) is 47.0 Å². The number of piperidine rings is 1. The van der Waals surface area contributed by atoms with E-state index in [-0.39, 0.29) is 23.8 Å². The summed E-state index contributed by atoms with van der Waals surface area (Å²) in [6.45, 7) is 8.51. The Labute approximate surface area is 144 Å². The lowest BCUT2D eigenvalue weighted by molar-refractivity contribution is -0.135. The van der Waals surface area contributed by atoms with Gasteiger partial charge in [-0.25, -0.2) is 4.79 Å². The molecule has 7 heteroatoms. The first kappa shape index (κ1) is 20.3. The summed E-state index contributed by atoms with van der Waals surface area (Å²) in [5.74, 6) is 0.132. The predicted octanol–water partition coefficient (Wildman–Crippen LogP) is 1.66. The maximum atomic E-state index is 12.2. The van der Waals surface area contributed by atoms with Gasteiger partial charge in [-0.1, -0.05) is 0 Å². The molecule has 1 atom stereocenters. The zero-order valence-corrected chi connectivity index (χ0v) is 15.5. The largest absolute Gasteiger partial charge is 0.444 e. The van der Waals surface area contributed by atoms with Crippen LogP contribution in [0.4, 0.5) is 4.79 Å². The summed E-state index contributed by atoms with van der Waals surface area (Å²) in [5, 5.41) is 5.40. The molecule has 1 rings (SSSR count). The van der Waals surface area contributed by atoms with Crippen LogP contribution in [0.1, 0.15) is 53.4 Å². The monoisotopic (exact) mass is 341 g/mol. The first-order valence-corrected chi connectivity index (χ1v) is 8.61. The normalized spacial score (nSPS) is 17.1. The van der Waals surface area contributed by atoms with Gasteiger partial charge in [0.2, 0.25) is 11.8 Å². The maximum absolute atomic E-state index is 12.2. The Morgan fingerprint density at radius 2 is 1.79 bits per heavy atom. The smallest absolute Gasteiger partial charge is 0.407 e. The van der Waals surface area contributed by atoms with Crippen LogP contribution >= 0.6 is 0 Å². The molecule has 0 bridgehead atoms. The van der Waals surface area contributed by atoms with Crippen LogP contribution in [0.3, 0.4) is 0 Å². The first-order chi connectivity index (χ1) is 11.1. The molecule has 1 saturated heterocycles. The molecule has 1 aliphatic heterocycles. The van der Waals surface area contributed by atoms with Crippen LogP contribution in [-0.2, 0) is 14.3 Å². The van der Waals surface area contributed by atoms with Crippen molar-refractivity contribution >= 4 is 17.9 Å². The minimum absolute atomic E-state index is 0.00630. The molecule has 24 heavy (non-hydrogen) atoms. The predicted molar refractivity (Wildman–Crippen MR) is 91.4 cm³/mol.